The SMILES string of the molecule is COc1cc(CN[C@H](C)c2ccco2)cc(OC)c1OC. The number of ether oxygens (including phenoxy) is 3. The summed E-state index contributed by atoms with van der Waals surface area (Å²) in [6.07, 6.45) is 1.67. The first-order valence-electron chi connectivity index (χ1n) is 6.75. The molecule has 0 radical (unpaired) electrons. The molecule has 5 nitrogen and oxygen atoms in total. The monoisotopic (exact) mass is 291 g/mol. The predicted octanol–water partition coefficient (Wildman–Crippen LogP) is 3.16. The van der Waals surface area contributed by atoms with Crippen LogP contribution in [0.15, 0.2) is 34.9 Å². The van der Waals surface area contributed by atoms with Gasteiger partial charge in [0, 0.05) is 6.54 Å². The average molecular weight is 291 g/mol. The first kappa shape index (κ1) is 15.3. The highest BCUT2D eigenvalue weighted by Gasteiger charge is 2.14. The van der Waals surface area contributed by atoms with Gasteiger partial charge in [-0.3, -0.25) is 0 Å². The summed E-state index contributed by atoms with van der Waals surface area (Å²) in [5.74, 6) is 2.81. The van der Waals surface area contributed by atoms with Crippen molar-refractivity contribution in [1.82, 2.24) is 5.32 Å². The molecule has 0 unspecified atom stereocenters. The number of rotatable bonds is 7. The Balaban J connectivity index is 2.13. The van der Waals surface area contributed by atoms with E-state index < -0.39 is 0 Å². The second kappa shape index (κ2) is 7.04. The number of methoxy groups -OCH3 is 3. The van der Waals surface area contributed by atoms with E-state index in [0.29, 0.717) is 23.8 Å². The molecule has 0 amide bonds. The van der Waals surface area contributed by atoms with Crippen molar-refractivity contribution in [2.24, 2.45) is 0 Å². The molecule has 2 aromatic rings. The van der Waals surface area contributed by atoms with Crippen LogP contribution in [0, 0.1) is 0 Å². The van der Waals surface area contributed by atoms with E-state index in [2.05, 4.69) is 12.2 Å². The van der Waals surface area contributed by atoms with Gasteiger partial charge in [-0.2, -0.15) is 0 Å². The Kier molecular flexibility index (Phi) is 5.11. The minimum atomic E-state index is 0.124. The number of benzene rings is 1. The molecule has 1 atom stereocenters. The fourth-order valence-corrected chi connectivity index (χ4v) is 2.15. The smallest absolute Gasteiger partial charge is 0.203 e. The van der Waals surface area contributed by atoms with Crippen molar-refractivity contribution >= 4 is 0 Å². The van der Waals surface area contributed by atoms with Gasteiger partial charge in [0.15, 0.2) is 11.5 Å². The maximum absolute atomic E-state index is 5.38. The van der Waals surface area contributed by atoms with Gasteiger partial charge in [-0.05, 0) is 36.8 Å². The number of nitrogens with one attached hydrogen (secondary N) is 1. The third kappa shape index (κ3) is 3.49. The van der Waals surface area contributed by atoms with E-state index in [-0.39, 0.29) is 6.04 Å². The summed E-state index contributed by atoms with van der Waals surface area (Å²) < 4.78 is 21.4. The first-order chi connectivity index (χ1) is 10.2. The normalized spacial score (nSPS) is 12.0. The number of hydrogen-bond donors (Lipinski definition) is 1. The maximum Gasteiger partial charge on any atom is 0.203 e. The molecule has 1 aromatic heterocycles. The topological polar surface area (TPSA) is 52.9 Å². The van der Waals surface area contributed by atoms with Crippen LogP contribution in [0.25, 0.3) is 0 Å². The fourth-order valence-electron chi connectivity index (χ4n) is 2.15. The van der Waals surface area contributed by atoms with Crippen LogP contribution in [0.5, 0.6) is 17.2 Å². The Morgan fingerprint density at radius 3 is 2.24 bits per heavy atom. The molecule has 0 spiro atoms. The van der Waals surface area contributed by atoms with Gasteiger partial charge in [-0.25, -0.2) is 0 Å². The molecule has 21 heavy (non-hydrogen) atoms. The van der Waals surface area contributed by atoms with Crippen molar-refractivity contribution in [3.8, 4) is 17.2 Å². The van der Waals surface area contributed by atoms with E-state index in [9.17, 15) is 0 Å². The Morgan fingerprint density at radius 1 is 1.10 bits per heavy atom. The second-order valence-electron chi connectivity index (χ2n) is 4.65. The molecule has 0 aliphatic carbocycles. The molecule has 2 rings (SSSR count). The van der Waals surface area contributed by atoms with Crippen molar-refractivity contribution < 1.29 is 18.6 Å². The lowest BCUT2D eigenvalue weighted by atomic mass is 10.1. The van der Waals surface area contributed by atoms with Crippen molar-refractivity contribution in [2.75, 3.05) is 21.3 Å². The quantitative estimate of drug-likeness (QED) is 0.849. The van der Waals surface area contributed by atoms with Crippen molar-refractivity contribution in [3.05, 3.63) is 41.9 Å². The summed E-state index contributed by atoms with van der Waals surface area (Å²) >= 11 is 0. The molecule has 1 heterocycles. The van der Waals surface area contributed by atoms with Gasteiger partial charge in [0.2, 0.25) is 5.75 Å². The summed E-state index contributed by atoms with van der Waals surface area (Å²) in [6.45, 7) is 2.72. The first-order valence-corrected chi connectivity index (χ1v) is 6.75. The van der Waals surface area contributed by atoms with Gasteiger partial charge < -0.3 is 23.9 Å². The summed E-state index contributed by atoms with van der Waals surface area (Å²) in [7, 11) is 4.82. The molecular weight excluding hydrogens is 270 g/mol. The van der Waals surface area contributed by atoms with Crippen LogP contribution in [-0.2, 0) is 6.54 Å². The Bertz CT molecular complexity index is 541. The predicted molar refractivity (Wildman–Crippen MR) is 80.1 cm³/mol. The van der Waals surface area contributed by atoms with E-state index in [1.165, 1.54) is 0 Å². The molecule has 0 aliphatic heterocycles. The largest absolute Gasteiger partial charge is 0.493 e. The minimum Gasteiger partial charge on any atom is -0.493 e. The van der Waals surface area contributed by atoms with Crippen molar-refractivity contribution in [3.63, 3.8) is 0 Å². The summed E-state index contributed by atoms with van der Waals surface area (Å²) in [5, 5.41) is 3.40. The van der Waals surface area contributed by atoms with Crippen molar-refractivity contribution in [1.29, 1.82) is 0 Å². The molecule has 114 valence electrons. The lowest BCUT2D eigenvalue weighted by Gasteiger charge is -2.16. The summed E-state index contributed by atoms with van der Waals surface area (Å²) in [4.78, 5) is 0. The summed E-state index contributed by atoms with van der Waals surface area (Å²) in [6, 6.07) is 7.82. The van der Waals surface area contributed by atoms with Crippen LogP contribution >= 0.6 is 0 Å². The minimum absolute atomic E-state index is 0.124. The lowest BCUT2D eigenvalue weighted by Crippen LogP contribution is -2.17. The number of hydrogen-bond acceptors (Lipinski definition) is 5. The van der Waals surface area contributed by atoms with Gasteiger partial charge >= 0.3 is 0 Å². The zero-order valence-electron chi connectivity index (χ0n) is 12.8. The van der Waals surface area contributed by atoms with Gasteiger partial charge in [-0.1, -0.05) is 0 Å². The van der Waals surface area contributed by atoms with Crippen LogP contribution in [0.3, 0.4) is 0 Å². The second-order valence-corrected chi connectivity index (χ2v) is 4.65. The lowest BCUT2D eigenvalue weighted by molar-refractivity contribution is 0.323. The highest BCUT2D eigenvalue weighted by molar-refractivity contribution is 5.53. The highest BCUT2D eigenvalue weighted by Crippen LogP contribution is 2.38. The molecule has 0 bridgehead atoms. The molecule has 1 N–H and O–H groups in total. The van der Waals surface area contributed by atoms with Crippen LogP contribution in [0.1, 0.15) is 24.3 Å². The molecule has 5 heteroatoms. The maximum atomic E-state index is 5.38. The van der Waals surface area contributed by atoms with E-state index in [0.717, 1.165) is 11.3 Å². The molecule has 0 aliphatic rings. The molecular formula is C16H21NO4. The Labute approximate surface area is 124 Å². The fraction of sp³-hybridized carbons (Fsp3) is 0.375. The Hall–Kier alpha value is -2.14. The van der Waals surface area contributed by atoms with Crippen molar-refractivity contribution in [2.45, 2.75) is 19.5 Å². The van der Waals surface area contributed by atoms with E-state index in [1.807, 2.05) is 24.3 Å². The van der Waals surface area contributed by atoms with Crippen LogP contribution in [0.4, 0.5) is 0 Å². The van der Waals surface area contributed by atoms with E-state index >= 15 is 0 Å². The van der Waals surface area contributed by atoms with E-state index in [4.69, 9.17) is 18.6 Å². The van der Waals surface area contributed by atoms with E-state index in [1.54, 1.807) is 27.6 Å². The van der Waals surface area contributed by atoms with Crippen LogP contribution in [-0.4, -0.2) is 21.3 Å². The third-order valence-corrected chi connectivity index (χ3v) is 3.31. The standard InChI is InChI=1S/C16H21NO4/c1-11(13-6-5-7-21-13)17-10-12-8-14(18-2)16(20-4)15(9-12)19-3/h5-9,11,17H,10H2,1-4H3/t11-/m1/s1. The molecule has 0 saturated heterocycles. The van der Waals surface area contributed by atoms with Crippen LogP contribution in [0.2, 0.25) is 0 Å². The van der Waals surface area contributed by atoms with Gasteiger partial charge in [-0.15, -0.1) is 0 Å². The van der Waals surface area contributed by atoms with Crippen LogP contribution < -0.4 is 19.5 Å². The number of furan rings is 1. The summed E-state index contributed by atoms with van der Waals surface area (Å²) in [5.41, 5.74) is 1.04. The van der Waals surface area contributed by atoms with Gasteiger partial charge in [0.1, 0.15) is 5.76 Å². The zero-order valence-corrected chi connectivity index (χ0v) is 12.8. The van der Waals surface area contributed by atoms with Gasteiger partial charge in [0.05, 0.1) is 33.6 Å². The average Bonchev–Trinajstić information content (AvgIpc) is 3.05. The molecule has 0 saturated carbocycles. The zero-order chi connectivity index (χ0) is 15.2. The van der Waals surface area contributed by atoms with Gasteiger partial charge in [0.25, 0.3) is 0 Å². The molecule has 0 fully saturated rings. The molecule has 1 aromatic carbocycles. The Morgan fingerprint density at radius 2 is 1.76 bits per heavy atom. The highest BCUT2D eigenvalue weighted by atomic mass is 16.5. The third-order valence-electron chi connectivity index (χ3n) is 3.31.